The third kappa shape index (κ3) is 2.61. The molecule has 1 fully saturated rings. The summed E-state index contributed by atoms with van der Waals surface area (Å²) in [6.45, 7) is 0.848. The van der Waals surface area contributed by atoms with E-state index in [1.807, 2.05) is 0 Å². The Morgan fingerprint density at radius 2 is 2.33 bits per heavy atom. The predicted molar refractivity (Wildman–Crippen MR) is 69.4 cm³/mol. The number of aliphatic hydroxyl groups excluding tert-OH is 1. The third-order valence-corrected chi connectivity index (χ3v) is 3.40. The van der Waals surface area contributed by atoms with Gasteiger partial charge in [0, 0.05) is 25.4 Å². The van der Waals surface area contributed by atoms with Crippen LogP contribution in [0.25, 0.3) is 0 Å². The van der Waals surface area contributed by atoms with Gasteiger partial charge in [0.2, 0.25) is 0 Å². The van der Waals surface area contributed by atoms with E-state index in [1.54, 1.807) is 18.3 Å². The van der Waals surface area contributed by atoms with Crippen LogP contribution >= 0.6 is 0 Å². The molecule has 0 bridgehead atoms. The van der Waals surface area contributed by atoms with Gasteiger partial charge in [-0.15, -0.1) is 0 Å². The van der Waals surface area contributed by atoms with E-state index in [1.165, 1.54) is 6.42 Å². The molecule has 1 aromatic heterocycles. The number of carbonyl (C=O) groups excluding carboxylic acids is 1. The van der Waals surface area contributed by atoms with Gasteiger partial charge >= 0.3 is 0 Å². The number of hydrogen-bond acceptors (Lipinski definition) is 4. The van der Waals surface area contributed by atoms with Crippen LogP contribution < -0.4 is 10.6 Å². The minimum Gasteiger partial charge on any atom is -0.396 e. The van der Waals surface area contributed by atoms with E-state index in [0.29, 0.717) is 30.4 Å². The van der Waals surface area contributed by atoms with E-state index in [9.17, 15) is 4.79 Å². The second-order valence-corrected chi connectivity index (χ2v) is 4.59. The number of carbonyl (C=O) groups is 1. The summed E-state index contributed by atoms with van der Waals surface area (Å²) in [5.41, 5.74) is 5.85. The van der Waals surface area contributed by atoms with Crippen molar-refractivity contribution < 1.29 is 9.90 Å². The zero-order valence-corrected chi connectivity index (χ0v) is 10.4. The standard InChI is InChI=1S/C13H19N3O2/c14-12(18)11-6-2-7-15-13(11)16(8-3-9-17)10-4-1-5-10/h2,6-7,10,17H,1,3-5,8-9H2,(H2,14,18). The predicted octanol–water partition coefficient (Wildman–Crippen LogP) is 0.922. The van der Waals surface area contributed by atoms with Crippen LogP contribution in [-0.4, -0.2) is 35.2 Å². The maximum atomic E-state index is 11.4. The number of aliphatic hydroxyl groups is 1. The Balaban J connectivity index is 2.25. The molecule has 3 N–H and O–H groups in total. The maximum absolute atomic E-state index is 11.4. The van der Waals surface area contributed by atoms with Crippen LogP contribution in [0, 0.1) is 0 Å². The van der Waals surface area contributed by atoms with E-state index in [0.717, 1.165) is 12.8 Å². The van der Waals surface area contributed by atoms with Gasteiger partial charge < -0.3 is 15.7 Å². The Bertz CT molecular complexity index is 418. The fourth-order valence-electron chi connectivity index (χ4n) is 2.22. The highest BCUT2D eigenvalue weighted by Crippen LogP contribution is 2.30. The topological polar surface area (TPSA) is 79.5 Å². The van der Waals surface area contributed by atoms with Crippen LogP contribution in [0.1, 0.15) is 36.0 Å². The van der Waals surface area contributed by atoms with E-state index < -0.39 is 5.91 Å². The molecule has 2 rings (SSSR count). The normalized spacial score (nSPS) is 15.2. The average Bonchev–Trinajstić information content (AvgIpc) is 2.32. The maximum Gasteiger partial charge on any atom is 0.252 e. The first-order chi connectivity index (χ1) is 8.74. The molecule has 1 heterocycles. The number of amides is 1. The van der Waals surface area contributed by atoms with Gasteiger partial charge in [-0.05, 0) is 37.8 Å². The molecule has 0 aromatic carbocycles. The molecule has 0 unspecified atom stereocenters. The van der Waals surface area contributed by atoms with Gasteiger partial charge in [-0.25, -0.2) is 4.98 Å². The minimum absolute atomic E-state index is 0.141. The van der Waals surface area contributed by atoms with Crippen molar-refractivity contribution in [2.45, 2.75) is 31.7 Å². The molecule has 0 spiro atoms. The highest BCUT2D eigenvalue weighted by Gasteiger charge is 2.27. The van der Waals surface area contributed by atoms with Crippen molar-refractivity contribution in [2.75, 3.05) is 18.1 Å². The second-order valence-electron chi connectivity index (χ2n) is 4.59. The molecule has 0 atom stereocenters. The van der Waals surface area contributed by atoms with E-state index in [2.05, 4.69) is 9.88 Å². The smallest absolute Gasteiger partial charge is 0.252 e. The molecule has 0 radical (unpaired) electrons. The van der Waals surface area contributed by atoms with Crippen LogP contribution in [0.3, 0.4) is 0 Å². The highest BCUT2D eigenvalue weighted by molar-refractivity contribution is 5.97. The monoisotopic (exact) mass is 249 g/mol. The van der Waals surface area contributed by atoms with Crippen LogP contribution in [0.15, 0.2) is 18.3 Å². The molecule has 0 saturated heterocycles. The summed E-state index contributed by atoms with van der Waals surface area (Å²) in [7, 11) is 0. The quantitative estimate of drug-likeness (QED) is 0.785. The molecular formula is C13H19N3O2. The summed E-state index contributed by atoms with van der Waals surface area (Å²) in [6.07, 6.45) is 5.77. The lowest BCUT2D eigenvalue weighted by Gasteiger charge is -2.39. The molecular weight excluding hydrogens is 230 g/mol. The third-order valence-electron chi connectivity index (χ3n) is 3.40. The lowest BCUT2D eigenvalue weighted by atomic mass is 9.91. The molecule has 1 amide bonds. The fourth-order valence-corrected chi connectivity index (χ4v) is 2.22. The largest absolute Gasteiger partial charge is 0.396 e. The minimum atomic E-state index is -0.452. The van der Waals surface area contributed by atoms with Crippen molar-refractivity contribution in [3.8, 4) is 0 Å². The first kappa shape index (κ1) is 12.8. The molecule has 18 heavy (non-hydrogen) atoms. The summed E-state index contributed by atoms with van der Waals surface area (Å²) in [6, 6.07) is 3.84. The van der Waals surface area contributed by atoms with E-state index in [4.69, 9.17) is 10.8 Å². The van der Waals surface area contributed by atoms with Crippen molar-refractivity contribution in [3.05, 3.63) is 23.9 Å². The number of hydrogen-bond donors (Lipinski definition) is 2. The molecule has 0 aliphatic heterocycles. The summed E-state index contributed by atoms with van der Waals surface area (Å²) >= 11 is 0. The zero-order valence-electron chi connectivity index (χ0n) is 10.4. The first-order valence-electron chi connectivity index (χ1n) is 6.36. The van der Waals surface area contributed by atoms with Crippen LogP contribution in [-0.2, 0) is 0 Å². The second kappa shape index (κ2) is 5.82. The number of nitrogens with zero attached hydrogens (tertiary/aromatic N) is 2. The SMILES string of the molecule is NC(=O)c1cccnc1N(CCCO)C1CCC1. The molecule has 1 aliphatic carbocycles. The molecule has 98 valence electrons. The summed E-state index contributed by atoms with van der Waals surface area (Å²) in [5.74, 6) is 0.203. The highest BCUT2D eigenvalue weighted by atomic mass is 16.3. The Morgan fingerprint density at radius 1 is 1.56 bits per heavy atom. The van der Waals surface area contributed by atoms with Crippen molar-refractivity contribution >= 4 is 11.7 Å². The van der Waals surface area contributed by atoms with E-state index >= 15 is 0 Å². The number of anilines is 1. The van der Waals surface area contributed by atoms with Gasteiger partial charge in [-0.3, -0.25) is 4.79 Å². The van der Waals surface area contributed by atoms with Crippen molar-refractivity contribution in [2.24, 2.45) is 5.73 Å². The number of nitrogens with two attached hydrogens (primary N) is 1. The van der Waals surface area contributed by atoms with Gasteiger partial charge in [0.15, 0.2) is 0 Å². The van der Waals surface area contributed by atoms with Crippen LogP contribution in [0.2, 0.25) is 0 Å². The average molecular weight is 249 g/mol. The molecule has 1 saturated carbocycles. The van der Waals surface area contributed by atoms with Crippen LogP contribution in [0.5, 0.6) is 0 Å². The van der Waals surface area contributed by atoms with E-state index in [-0.39, 0.29) is 6.61 Å². The number of pyridine rings is 1. The molecule has 5 nitrogen and oxygen atoms in total. The van der Waals surface area contributed by atoms with Gasteiger partial charge in [-0.2, -0.15) is 0 Å². The molecule has 1 aliphatic rings. The Labute approximate surface area is 107 Å². The summed E-state index contributed by atoms with van der Waals surface area (Å²) < 4.78 is 0. The molecule has 5 heteroatoms. The summed E-state index contributed by atoms with van der Waals surface area (Å²) in [4.78, 5) is 17.8. The van der Waals surface area contributed by atoms with Crippen LogP contribution in [0.4, 0.5) is 5.82 Å². The lowest BCUT2D eigenvalue weighted by Crippen LogP contribution is -2.42. The number of aromatic nitrogens is 1. The Hall–Kier alpha value is -1.62. The van der Waals surface area contributed by atoms with Crippen molar-refractivity contribution in [1.29, 1.82) is 0 Å². The Kier molecular flexibility index (Phi) is 4.15. The van der Waals surface area contributed by atoms with Gasteiger partial charge in [0.1, 0.15) is 5.82 Å². The molecule has 1 aromatic rings. The fraction of sp³-hybridized carbons (Fsp3) is 0.538. The van der Waals surface area contributed by atoms with Gasteiger partial charge in [0.05, 0.1) is 5.56 Å². The van der Waals surface area contributed by atoms with Gasteiger partial charge in [0.25, 0.3) is 5.91 Å². The first-order valence-corrected chi connectivity index (χ1v) is 6.36. The van der Waals surface area contributed by atoms with Crippen molar-refractivity contribution in [3.63, 3.8) is 0 Å². The number of rotatable bonds is 6. The van der Waals surface area contributed by atoms with Crippen molar-refractivity contribution in [1.82, 2.24) is 4.98 Å². The Morgan fingerprint density at radius 3 is 2.89 bits per heavy atom. The summed E-state index contributed by atoms with van der Waals surface area (Å²) in [5, 5.41) is 8.97. The number of primary amides is 1. The zero-order chi connectivity index (χ0) is 13.0. The lowest BCUT2D eigenvalue weighted by molar-refractivity contribution is 0.1000. The van der Waals surface area contributed by atoms with Gasteiger partial charge in [-0.1, -0.05) is 0 Å².